The number of aromatic nitrogens is 1. The number of nitrogens with zero attached hydrogens (tertiary/aromatic N) is 1. The van der Waals surface area contributed by atoms with Gasteiger partial charge in [0.15, 0.2) is 0 Å². The second-order valence-corrected chi connectivity index (χ2v) is 4.15. The Morgan fingerprint density at radius 2 is 2.25 bits per heavy atom. The fourth-order valence-electron chi connectivity index (χ4n) is 1.79. The summed E-state index contributed by atoms with van der Waals surface area (Å²) in [5, 5.41) is 9.98. The van der Waals surface area contributed by atoms with Gasteiger partial charge in [-0.15, -0.1) is 6.58 Å². The number of rotatable bonds is 7. The Labute approximate surface area is 98.0 Å². The van der Waals surface area contributed by atoms with Crippen molar-refractivity contribution in [3.05, 3.63) is 42.2 Å². The minimum absolute atomic E-state index is 0.412. The van der Waals surface area contributed by atoms with Gasteiger partial charge in [-0.2, -0.15) is 0 Å². The van der Waals surface area contributed by atoms with Crippen LogP contribution in [0.5, 0.6) is 0 Å². The first-order valence-corrected chi connectivity index (χ1v) is 5.96. The Bertz CT molecular complexity index is 322. The van der Waals surface area contributed by atoms with Gasteiger partial charge in [0.2, 0.25) is 0 Å². The van der Waals surface area contributed by atoms with Gasteiger partial charge >= 0.3 is 0 Å². The third-order valence-electron chi connectivity index (χ3n) is 2.75. The lowest BCUT2D eigenvalue weighted by Gasteiger charge is -2.11. The second kappa shape index (κ2) is 7.18. The van der Waals surface area contributed by atoms with Crippen LogP contribution in [0.1, 0.15) is 49.5 Å². The van der Waals surface area contributed by atoms with Gasteiger partial charge in [-0.1, -0.05) is 25.0 Å². The van der Waals surface area contributed by atoms with E-state index in [1.165, 1.54) is 0 Å². The van der Waals surface area contributed by atoms with E-state index in [0.29, 0.717) is 0 Å². The zero-order chi connectivity index (χ0) is 11.8. The predicted octanol–water partition coefficient (Wildman–Crippen LogP) is 3.56. The van der Waals surface area contributed by atoms with Crippen molar-refractivity contribution in [2.45, 2.75) is 45.1 Å². The van der Waals surface area contributed by atoms with Crippen LogP contribution in [0.25, 0.3) is 0 Å². The molecule has 88 valence electrons. The Balaban J connectivity index is 2.32. The lowest BCUT2D eigenvalue weighted by Crippen LogP contribution is -2.02. The molecule has 0 bridgehead atoms. The highest BCUT2D eigenvalue weighted by atomic mass is 16.3. The highest BCUT2D eigenvalue weighted by Crippen LogP contribution is 2.20. The van der Waals surface area contributed by atoms with Crippen LogP contribution in [-0.2, 0) is 0 Å². The molecule has 1 aromatic heterocycles. The quantitative estimate of drug-likeness (QED) is 0.562. The molecule has 0 aromatic carbocycles. The largest absolute Gasteiger partial charge is 0.387 e. The van der Waals surface area contributed by atoms with Crippen molar-refractivity contribution in [1.82, 2.24) is 4.98 Å². The van der Waals surface area contributed by atoms with Crippen LogP contribution in [0.4, 0.5) is 0 Å². The van der Waals surface area contributed by atoms with E-state index in [4.69, 9.17) is 0 Å². The SMILES string of the molecule is C=CCCCCCC(O)c1ncccc1C. The van der Waals surface area contributed by atoms with E-state index in [1.54, 1.807) is 6.20 Å². The van der Waals surface area contributed by atoms with Crippen molar-refractivity contribution in [1.29, 1.82) is 0 Å². The Hall–Kier alpha value is -1.15. The maximum atomic E-state index is 9.98. The summed E-state index contributed by atoms with van der Waals surface area (Å²) in [6.45, 7) is 5.68. The van der Waals surface area contributed by atoms with Crippen LogP contribution >= 0.6 is 0 Å². The molecule has 0 aliphatic carbocycles. The van der Waals surface area contributed by atoms with Gasteiger partial charge in [0, 0.05) is 6.20 Å². The van der Waals surface area contributed by atoms with Crippen LogP contribution in [-0.4, -0.2) is 10.1 Å². The maximum Gasteiger partial charge on any atom is 0.0962 e. The van der Waals surface area contributed by atoms with Crippen LogP contribution in [0, 0.1) is 6.92 Å². The molecule has 16 heavy (non-hydrogen) atoms. The topological polar surface area (TPSA) is 33.1 Å². The summed E-state index contributed by atoms with van der Waals surface area (Å²) in [5.41, 5.74) is 1.90. The molecule has 0 saturated carbocycles. The van der Waals surface area contributed by atoms with Gasteiger partial charge in [0.1, 0.15) is 0 Å². The number of allylic oxidation sites excluding steroid dienone is 1. The van der Waals surface area contributed by atoms with Crippen molar-refractivity contribution in [2.75, 3.05) is 0 Å². The molecule has 0 aliphatic rings. The van der Waals surface area contributed by atoms with E-state index in [1.807, 2.05) is 25.1 Å². The minimum atomic E-state index is -0.412. The molecule has 2 nitrogen and oxygen atoms in total. The third kappa shape index (κ3) is 4.15. The first-order chi connectivity index (χ1) is 7.75. The molecule has 0 radical (unpaired) electrons. The molecular formula is C14H21NO. The molecule has 0 fully saturated rings. The fraction of sp³-hybridized carbons (Fsp3) is 0.500. The zero-order valence-corrected chi connectivity index (χ0v) is 10.0. The predicted molar refractivity (Wildman–Crippen MR) is 67.2 cm³/mol. The number of pyridine rings is 1. The van der Waals surface area contributed by atoms with Crippen molar-refractivity contribution in [3.63, 3.8) is 0 Å². The maximum absolute atomic E-state index is 9.98. The summed E-state index contributed by atoms with van der Waals surface area (Å²) in [4.78, 5) is 4.23. The molecule has 2 heteroatoms. The monoisotopic (exact) mass is 219 g/mol. The molecular weight excluding hydrogens is 198 g/mol. The van der Waals surface area contributed by atoms with Crippen molar-refractivity contribution >= 4 is 0 Å². The van der Waals surface area contributed by atoms with Gasteiger partial charge in [0.25, 0.3) is 0 Å². The van der Waals surface area contributed by atoms with E-state index >= 15 is 0 Å². The van der Waals surface area contributed by atoms with Crippen LogP contribution < -0.4 is 0 Å². The number of hydrogen-bond donors (Lipinski definition) is 1. The Morgan fingerprint density at radius 3 is 2.94 bits per heavy atom. The molecule has 1 aromatic rings. The molecule has 0 spiro atoms. The first kappa shape index (κ1) is 12.9. The first-order valence-electron chi connectivity index (χ1n) is 5.96. The number of aliphatic hydroxyl groups excluding tert-OH is 1. The average Bonchev–Trinajstić information content (AvgIpc) is 2.29. The van der Waals surface area contributed by atoms with Crippen LogP contribution in [0.3, 0.4) is 0 Å². The molecule has 0 amide bonds. The Kier molecular flexibility index (Phi) is 5.79. The summed E-state index contributed by atoms with van der Waals surface area (Å²) < 4.78 is 0. The van der Waals surface area contributed by atoms with Gasteiger partial charge in [0.05, 0.1) is 11.8 Å². The smallest absolute Gasteiger partial charge is 0.0962 e. The summed E-state index contributed by atoms with van der Waals surface area (Å²) in [6, 6.07) is 3.89. The third-order valence-corrected chi connectivity index (χ3v) is 2.75. The van der Waals surface area contributed by atoms with Gasteiger partial charge < -0.3 is 5.11 Å². The number of aliphatic hydroxyl groups is 1. The lowest BCUT2D eigenvalue weighted by molar-refractivity contribution is 0.158. The van der Waals surface area contributed by atoms with Gasteiger partial charge in [-0.05, 0) is 37.8 Å². The molecule has 1 N–H and O–H groups in total. The molecule has 0 saturated heterocycles. The lowest BCUT2D eigenvalue weighted by atomic mass is 10.0. The summed E-state index contributed by atoms with van der Waals surface area (Å²) in [5.74, 6) is 0. The van der Waals surface area contributed by atoms with Gasteiger partial charge in [-0.3, -0.25) is 4.98 Å². The second-order valence-electron chi connectivity index (χ2n) is 4.15. The molecule has 1 rings (SSSR count). The molecule has 1 atom stereocenters. The minimum Gasteiger partial charge on any atom is -0.387 e. The van der Waals surface area contributed by atoms with Crippen molar-refractivity contribution in [3.8, 4) is 0 Å². The Morgan fingerprint density at radius 1 is 1.44 bits per heavy atom. The highest BCUT2D eigenvalue weighted by molar-refractivity contribution is 5.19. The molecule has 0 aliphatic heterocycles. The van der Waals surface area contributed by atoms with Crippen LogP contribution in [0.2, 0.25) is 0 Å². The standard InChI is InChI=1S/C14H21NO/c1-3-4-5-6-7-10-13(16)14-12(2)9-8-11-15-14/h3,8-9,11,13,16H,1,4-7,10H2,2H3. The molecule has 1 heterocycles. The van der Waals surface area contributed by atoms with Crippen molar-refractivity contribution < 1.29 is 5.11 Å². The highest BCUT2D eigenvalue weighted by Gasteiger charge is 2.10. The average molecular weight is 219 g/mol. The summed E-state index contributed by atoms with van der Waals surface area (Å²) in [6.07, 6.45) is 8.50. The number of aryl methyl sites for hydroxylation is 1. The number of unbranched alkanes of at least 4 members (excludes halogenated alkanes) is 3. The van der Waals surface area contributed by atoms with Crippen LogP contribution in [0.15, 0.2) is 31.0 Å². The summed E-state index contributed by atoms with van der Waals surface area (Å²) in [7, 11) is 0. The van der Waals surface area contributed by atoms with E-state index in [0.717, 1.165) is 43.4 Å². The van der Waals surface area contributed by atoms with E-state index < -0.39 is 6.10 Å². The fourth-order valence-corrected chi connectivity index (χ4v) is 1.79. The van der Waals surface area contributed by atoms with Crippen molar-refractivity contribution in [2.24, 2.45) is 0 Å². The van der Waals surface area contributed by atoms with E-state index in [2.05, 4.69) is 11.6 Å². The number of hydrogen-bond acceptors (Lipinski definition) is 2. The van der Waals surface area contributed by atoms with E-state index in [9.17, 15) is 5.11 Å². The van der Waals surface area contributed by atoms with Gasteiger partial charge in [-0.25, -0.2) is 0 Å². The van der Waals surface area contributed by atoms with E-state index in [-0.39, 0.29) is 0 Å². The summed E-state index contributed by atoms with van der Waals surface area (Å²) >= 11 is 0. The zero-order valence-electron chi connectivity index (χ0n) is 10.0. The normalized spacial score (nSPS) is 12.4. The molecule has 1 unspecified atom stereocenters.